The highest BCUT2D eigenvalue weighted by Crippen LogP contribution is 2.17. The highest BCUT2D eigenvalue weighted by Gasteiger charge is 2.14. The average molecular weight is 254 g/mol. The zero-order valence-corrected chi connectivity index (χ0v) is 9.78. The second-order valence-corrected chi connectivity index (χ2v) is 5.90. The molecule has 7 heteroatoms. The molecule has 0 aliphatic carbocycles. The number of carboxylic acids is 1. The van der Waals surface area contributed by atoms with Gasteiger partial charge in [-0.15, -0.1) is 0 Å². The summed E-state index contributed by atoms with van der Waals surface area (Å²) in [7, 11) is -3.20. The fourth-order valence-electron chi connectivity index (χ4n) is 1.57. The van der Waals surface area contributed by atoms with Crippen LogP contribution in [0.3, 0.4) is 0 Å². The minimum absolute atomic E-state index is 0.0542. The highest BCUT2D eigenvalue weighted by molar-refractivity contribution is 7.89. The summed E-state index contributed by atoms with van der Waals surface area (Å²) in [5.74, 6) is -1.08. The van der Waals surface area contributed by atoms with Crippen LogP contribution in [0.25, 0.3) is 11.0 Å². The van der Waals surface area contributed by atoms with E-state index in [0.717, 1.165) is 6.26 Å². The van der Waals surface area contributed by atoms with E-state index in [1.165, 1.54) is 6.07 Å². The molecule has 0 amide bonds. The van der Waals surface area contributed by atoms with E-state index in [9.17, 15) is 13.2 Å². The van der Waals surface area contributed by atoms with Crippen molar-refractivity contribution in [3.63, 3.8) is 0 Å². The van der Waals surface area contributed by atoms with Crippen LogP contribution in [0, 0.1) is 0 Å². The second kappa shape index (κ2) is 3.85. The normalized spacial score (nSPS) is 11.8. The third-order valence-corrected chi connectivity index (χ3v) is 2.99. The Kier molecular flexibility index (Phi) is 2.62. The largest absolute Gasteiger partial charge is 0.478 e. The summed E-state index contributed by atoms with van der Waals surface area (Å²) < 4.78 is 22.2. The zero-order valence-electron chi connectivity index (χ0n) is 8.97. The van der Waals surface area contributed by atoms with Gasteiger partial charge in [-0.2, -0.15) is 0 Å². The van der Waals surface area contributed by atoms with E-state index in [0.29, 0.717) is 5.52 Å². The lowest BCUT2D eigenvalue weighted by Gasteiger charge is -1.93. The van der Waals surface area contributed by atoms with Crippen LogP contribution in [-0.2, 0) is 15.6 Å². The monoisotopic (exact) mass is 254 g/mol. The summed E-state index contributed by atoms with van der Waals surface area (Å²) in [5, 5.41) is 8.95. The number of para-hydroxylation sites is 1. The molecule has 6 nitrogen and oxygen atoms in total. The molecule has 0 saturated heterocycles. The van der Waals surface area contributed by atoms with Gasteiger partial charge in [0.15, 0.2) is 9.84 Å². The molecule has 2 N–H and O–H groups in total. The van der Waals surface area contributed by atoms with Gasteiger partial charge in [-0.1, -0.05) is 6.07 Å². The van der Waals surface area contributed by atoms with Gasteiger partial charge in [-0.05, 0) is 12.1 Å². The minimum Gasteiger partial charge on any atom is -0.478 e. The lowest BCUT2D eigenvalue weighted by atomic mass is 10.2. The molecule has 90 valence electrons. The molecule has 0 unspecified atom stereocenters. The lowest BCUT2D eigenvalue weighted by molar-refractivity contribution is 0.0699. The molecule has 0 spiro atoms. The number of H-pyrrole nitrogens is 1. The first-order chi connectivity index (χ1) is 7.87. The molecule has 0 aliphatic rings. The smallest absolute Gasteiger partial charge is 0.337 e. The molecule has 2 rings (SSSR count). The number of sulfone groups is 1. The molecule has 0 bridgehead atoms. The number of nitrogens with zero attached hydrogens (tertiary/aromatic N) is 1. The first-order valence-electron chi connectivity index (χ1n) is 4.75. The number of aromatic carboxylic acids is 1. The van der Waals surface area contributed by atoms with Crippen LogP contribution < -0.4 is 0 Å². The van der Waals surface area contributed by atoms with E-state index >= 15 is 0 Å². The Morgan fingerprint density at radius 3 is 2.76 bits per heavy atom. The van der Waals surface area contributed by atoms with E-state index in [1.54, 1.807) is 12.1 Å². The van der Waals surface area contributed by atoms with Crippen molar-refractivity contribution in [3.05, 3.63) is 29.6 Å². The number of carbonyl (C=O) groups is 1. The van der Waals surface area contributed by atoms with E-state index in [-0.39, 0.29) is 22.7 Å². The molecular weight excluding hydrogens is 244 g/mol. The van der Waals surface area contributed by atoms with Crippen LogP contribution >= 0.6 is 0 Å². The van der Waals surface area contributed by atoms with Crippen molar-refractivity contribution < 1.29 is 18.3 Å². The van der Waals surface area contributed by atoms with Crippen molar-refractivity contribution in [3.8, 4) is 0 Å². The van der Waals surface area contributed by atoms with Gasteiger partial charge in [-0.3, -0.25) is 0 Å². The van der Waals surface area contributed by atoms with Gasteiger partial charge in [0, 0.05) is 6.26 Å². The van der Waals surface area contributed by atoms with Crippen molar-refractivity contribution >= 4 is 26.8 Å². The fraction of sp³-hybridized carbons (Fsp3) is 0.200. The Hall–Kier alpha value is -1.89. The van der Waals surface area contributed by atoms with Crippen LogP contribution in [0.1, 0.15) is 16.2 Å². The number of nitrogens with one attached hydrogen (secondary N) is 1. The molecule has 0 saturated carbocycles. The van der Waals surface area contributed by atoms with E-state index in [1.807, 2.05) is 0 Å². The van der Waals surface area contributed by atoms with Crippen LogP contribution in [0.4, 0.5) is 0 Å². The molecule has 0 aliphatic heterocycles. The molecule has 1 heterocycles. The van der Waals surface area contributed by atoms with Crippen molar-refractivity contribution in [1.29, 1.82) is 0 Å². The van der Waals surface area contributed by atoms with Gasteiger partial charge in [0.2, 0.25) is 0 Å². The minimum atomic E-state index is -3.20. The molecule has 17 heavy (non-hydrogen) atoms. The Morgan fingerprint density at radius 2 is 2.18 bits per heavy atom. The van der Waals surface area contributed by atoms with Crippen LogP contribution in [0.2, 0.25) is 0 Å². The number of fused-ring (bicyclic) bond motifs is 1. The van der Waals surface area contributed by atoms with Crippen LogP contribution in [0.5, 0.6) is 0 Å². The molecule has 0 fully saturated rings. The van der Waals surface area contributed by atoms with E-state index < -0.39 is 15.8 Å². The standard InChI is InChI=1S/C10H10N2O4S/c1-17(15,16)5-8-11-7-4-2-3-6(10(13)14)9(7)12-8/h2-4H,5H2,1H3,(H,11,12)(H,13,14). The highest BCUT2D eigenvalue weighted by atomic mass is 32.2. The summed E-state index contributed by atoms with van der Waals surface area (Å²) >= 11 is 0. The number of benzene rings is 1. The molecule has 1 aromatic heterocycles. The third kappa shape index (κ3) is 2.44. The molecule has 1 aromatic carbocycles. The Bertz CT molecular complexity index is 687. The number of hydrogen-bond donors (Lipinski definition) is 2. The van der Waals surface area contributed by atoms with Crippen LogP contribution in [-0.4, -0.2) is 35.7 Å². The lowest BCUT2D eigenvalue weighted by Crippen LogP contribution is -2.02. The Morgan fingerprint density at radius 1 is 1.47 bits per heavy atom. The molecule has 0 atom stereocenters. The van der Waals surface area contributed by atoms with Gasteiger partial charge in [0.1, 0.15) is 17.1 Å². The van der Waals surface area contributed by atoms with Crippen LogP contribution in [0.15, 0.2) is 18.2 Å². The SMILES string of the molecule is CS(=O)(=O)Cc1nc2c(C(=O)O)cccc2[nH]1. The van der Waals surface area contributed by atoms with E-state index in [2.05, 4.69) is 9.97 Å². The number of aromatic nitrogens is 2. The van der Waals surface area contributed by atoms with Crippen molar-refractivity contribution in [2.24, 2.45) is 0 Å². The van der Waals surface area contributed by atoms with Gasteiger partial charge in [-0.25, -0.2) is 18.2 Å². The number of aromatic amines is 1. The summed E-state index contributed by atoms with van der Waals surface area (Å²) in [6.45, 7) is 0. The maximum atomic E-state index is 11.1. The zero-order chi connectivity index (χ0) is 12.6. The first-order valence-corrected chi connectivity index (χ1v) is 6.81. The van der Waals surface area contributed by atoms with Gasteiger partial charge < -0.3 is 10.1 Å². The molecular formula is C10H10N2O4S. The average Bonchev–Trinajstić information content (AvgIpc) is 2.55. The number of imidazole rings is 1. The Labute approximate surface area is 97.2 Å². The number of rotatable bonds is 3. The molecule has 0 radical (unpaired) electrons. The summed E-state index contributed by atoms with van der Waals surface area (Å²) in [5.41, 5.74) is 0.848. The third-order valence-electron chi connectivity index (χ3n) is 2.19. The first kappa shape index (κ1) is 11.6. The van der Waals surface area contributed by atoms with Gasteiger partial charge in [0.25, 0.3) is 0 Å². The van der Waals surface area contributed by atoms with E-state index in [4.69, 9.17) is 5.11 Å². The summed E-state index contributed by atoms with van der Waals surface area (Å²) in [4.78, 5) is 17.7. The second-order valence-electron chi connectivity index (χ2n) is 3.76. The van der Waals surface area contributed by atoms with Gasteiger partial charge >= 0.3 is 5.97 Å². The van der Waals surface area contributed by atoms with Crippen molar-refractivity contribution in [2.75, 3.05) is 6.26 Å². The van der Waals surface area contributed by atoms with Gasteiger partial charge in [0.05, 0.1) is 11.1 Å². The quantitative estimate of drug-likeness (QED) is 0.844. The topological polar surface area (TPSA) is 100 Å². The predicted molar refractivity (Wildman–Crippen MR) is 61.6 cm³/mol. The maximum absolute atomic E-state index is 11.1. The number of carboxylic acid groups (broad SMARTS) is 1. The molecule has 2 aromatic rings. The Balaban J connectivity index is 2.58. The van der Waals surface area contributed by atoms with Crippen molar-refractivity contribution in [1.82, 2.24) is 9.97 Å². The number of hydrogen-bond acceptors (Lipinski definition) is 4. The summed E-state index contributed by atoms with van der Waals surface area (Å²) in [6.07, 6.45) is 1.10. The maximum Gasteiger partial charge on any atom is 0.337 e. The predicted octanol–water partition coefficient (Wildman–Crippen LogP) is 0.806. The summed E-state index contributed by atoms with van der Waals surface area (Å²) in [6, 6.07) is 4.66. The van der Waals surface area contributed by atoms with Crippen molar-refractivity contribution in [2.45, 2.75) is 5.75 Å². The fourth-order valence-corrected chi connectivity index (χ4v) is 2.21.